The summed E-state index contributed by atoms with van der Waals surface area (Å²) in [6.07, 6.45) is 7.00. The molecule has 2 amide bonds. The Balaban J connectivity index is 1.26. The van der Waals surface area contributed by atoms with E-state index in [1.54, 1.807) is 83.7 Å². The molecule has 0 radical (unpaired) electrons. The van der Waals surface area contributed by atoms with Gasteiger partial charge in [0.05, 0.1) is 17.6 Å². The fourth-order valence-electron chi connectivity index (χ4n) is 3.89. The molecule has 5 rings (SSSR count). The highest BCUT2D eigenvalue weighted by Gasteiger charge is 2.12. The summed E-state index contributed by atoms with van der Waals surface area (Å²) in [5.41, 5.74) is 14.1. The molecule has 10 heteroatoms. The van der Waals surface area contributed by atoms with Crippen LogP contribution in [-0.2, 0) is 0 Å². The number of benzene rings is 4. The second-order valence-electron chi connectivity index (χ2n) is 8.52. The van der Waals surface area contributed by atoms with E-state index in [-0.39, 0.29) is 11.8 Å². The van der Waals surface area contributed by atoms with Gasteiger partial charge in [-0.05, 0) is 78.3 Å². The number of carbonyl (C=O) groups is 2. The summed E-state index contributed by atoms with van der Waals surface area (Å²) in [6, 6.07) is 27.6. The molecule has 0 saturated carbocycles. The maximum atomic E-state index is 12.7. The van der Waals surface area contributed by atoms with Crippen LogP contribution in [0.3, 0.4) is 0 Å². The van der Waals surface area contributed by atoms with Crippen LogP contribution in [0.15, 0.2) is 108 Å². The van der Waals surface area contributed by atoms with E-state index in [2.05, 4.69) is 36.9 Å². The van der Waals surface area contributed by atoms with Crippen LogP contribution in [0.1, 0.15) is 26.3 Å². The molecule has 0 unspecified atom stereocenters. The van der Waals surface area contributed by atoms with Gasteiger partial charge in [0, 0.05) is 44.2 Å². The number of amides is 2. The van der Waals surface area contributed by atoms with Crippen LogP contribution >= 0.6 is 0 Å². The number of carbonyl (C=O) groups excluding carboxylic acids is 2. The van der Waals surface area contributed by atoms with E-state index >= 15 is 0 Å². The van der Waals surface area contributed by atoms with E-state index < -0.39 is 0 Å². The molecule has 0 aliphatic carbocycles. The van der Waals surface area contributed by atoms with Gasteiger partial charge in [0.25, 0.3) is 11.8 Å². The van der Waals surface area contributed by atoms with E-state index in [0.29, 0.717) is 33.8 Å². The van der Waals surface area contributed by atoms with Crippen LogP contribution in [0, 0.1) is 12.3 Å². The number of nitrogens with zero attached hydrogens (tertiary/aromatic N) is 6. The molecule has 0 bridgehead atoms. The fourth-order valence-corrected chi connectivity index (χ4v) is 3.89. The Hall–Kier alpha value is -6.17. The number of hydrogen-bond acceptors (Lipinski definition) is 5. The minimum Gasteiger partial charge on any atom is -0.322 e. The third-order valence-corrected chi connectivity index (χ3v) is 5.96. The first-order valence-electron chi connectivity index (χ1n) is 12.0. The zero-order valence-corrected chi connectivity index (χ0v) is 20.9. The fraction of sp³-hybridized carbons (Fsp3) is 0. The predicted molar refractivity (Wildman–Crippen MR) is 152 cm³/mol. The lowest BCUT2D eigenvalue weighted by atomic mass is 10.1. The van der Waals surface area contributed by atoms with Crippen molar-refractivity contribution >= 4 is 28.9 Å². The Labute approximate surface area is 228 Å². The van der Waals surface area contributed by atoms with Gasteiger partial charge in [-0.3, -0.25) is 9.59 Å². The van der Waals surface area contributed by atoms with Gasteiger partial charge >= 0.3 is 0 Å². The molecule has 0 fully saturated rings. The van der Waals surface area contributed by atoms with E-state index in [1.807, 2.05) is 24.3 Å². The van der Waals surface area contributed by atoms with Crippen molar-refractivity contribution in [1.82, 2.24) is 15.0 Å². The smallest absolute Gasteiger partial charge is 0.255 e. The average molecular weight is 525 g/mol. The van der Waals surface area contributed by atoms with Crippen LogP contribution in [0.4, 0.5) is 17.1 Å². The molecule has 0 atom stereocenters. The molecule has 40 heavy (non-hydrogen) atoms. The second-order valence-corrected chi connectivity index (χ2v) is 8.52. The molecule has 0 spiro atoms. The Bertz CT molecular complexity index is 1760. The molecule has 0 saturated heterocycles. The molecule has 10 nitrogen and oxygen atoms in total. The van der Waals surface area contributed by atoms with Crippen LogP contribution in [0.2, 0.25) is 0 Å². The van der Waals surface area contributed by atoms with Crippen LogP contribution in [-0.4, -0.2) is 26.8 Å². The van der Waals surface area contributed by atoms with Crippen molar-refractivity contribution in [2.75, 3.05) is 10.6 Å². The average Bonchev–Trinajstić information content (AvgIpc) is 3.49. The number of rotatable bonds is 7. The summed E-state index contributed by atoms with van der Waals surface area (Å²) >= 11 is 0. The third kappa shape index (κ3) is 5.70. The van der Waals surface area contributed by atoms with Gasteiger partial charge in [0.2, 0.25) is 0 Å². The van der Waals surface area contributed by atoms with Gasteiger partial charge in [0.1, 0.15) is 0 Å². The maximum Gasteiger partial charge on any atom is 0.255 e. The highest BCUT2D eigenvalue weighted by molar-refractivity contribution is 6.05. The third-order valence-electron chi connectivity index (χ3n) is 5.96. The lowest BCUT2D eigenvalue weighted by Crippen LogP contribution is -2.12. The molecule has 1 aromatic heterocycles. The summed E-state index contributed by atoms with van der Waals surface area (Å²) in [4.78, 5) is 28.0. The predicted octanol–water partition coefficient (Wildman–Crippen LogP) is 6.36. The lowest BCUT2D eigenvalue weighted by Gasteiger charge is -2.10. The first-order valence-corrected chi connectivity index (χ1v) is 12.0. The van der Waals surface area contributed by atoms with E-state index in [9.17, 15) is 9.59 Å². The normalized spacial score (nSPS) is 10.2. The largest absolute Gasteiger partial charge is 0.322 e. The molecule has 2 N–H and O–H groups in total. The summed E-state index contributed by atoms with van der Waals surface area (Å²) < 4.78 is 1.67. The van der Waals surface area contributed by atoms with Gasteiger partial charge in [-0.1, -0.05) is 40.5 Å². The highest BCUT2D eigenvalue weighted by Crippen LogP contribution is 2.24. The van der Waals surface area contributed by atoms with Crippen molar-refractivity contribution < 1.29 is 9.59 Å². The second kappa shape index (κ2) is 11.5. The van der Waals surface area contributed by atoms with Crippen molar-refractivity contribution in [2.45, 2.75) is 0 Å². The molecule has 192 valence electrons. The van der Waals surface area contributed by atoms with Crippen LogP contribution in [0.5, 0.6) is 0 Å². The minimum absolute atomic E-state index is 0.243. The monoisotopic (exact) mass is 524 g/mol. The first-order chi connectivity index (χ1) is 19.5. The molecule has 0 aliphatic rings. The van der Waals surface area contributed by atoms with Crippen molar-refractivity contribution in [3.05, 3.63) is 130 Å². The molecule has 1 heterocycles. The van der Waals surface area contributed by atoms with Crippen molar-refractivity contribution in [3.63, 3.8) is 0 Å². The molecule has 4 aromatic carbocycles. The molecular formula is C30H20N8O2. The summed E-state index contributed by atoms with van der Waals surface area (Å²) in [5, 5.41) is 17.4. The van der Waals surface area contributed by atoms with E-state index in [4.69, 9.17) is 12.0 Å². The Morgan fingerprint density at radius 1 is 0.800 bits per heavy atom. The molecular weight excluding hydrogens is 504 g/mol. The van der Waals surface area contributed by atoms with Gasteiger partial charge < -0.3 is 10.6 Å². The highest BCUT2D eigenvalue weighted by atomic mass is 16.2. The van der Waals surface area contributed by atoms with E-state index in [0.717, 1.165) is 16.9 Å². The van der Waals surface area contributed by atoms with Gasteiger partial charge in [0.15, 0.2) is 0 Å². The van der Waals surface area contributed by atoms with Crippen molar-refractivity contribution in [3.8, 4) is 29.3 Å². The SMILES string of the molecule is C#Cc1ccc(C(=O)Nc2ccc(-n3nncc3-c3ccc(C(=O)Nc4ccc(N=[N+]=[N-])cc4)cc3)cc2)cc1. The molecule has 5 aromatic rings. The summed E-state index contributed by atoms with van der Waals surface area (Å²) in [5.74, 6) is 2.00. The zero-order valence-electron chi connectivity index (χ0n) is 20.9. The number of azide groups is 1. The number of terminal acetylenes is 1. The van der Waals surface area contributed by atoms with Gasteiger partial charge in [-0.2, -0.15) is 0 Å². The first kappa shape index (κ1) is 25.5. The van der Waals surface area contributed by atoms with Gasteiger partial charge in [-0.25, -0.2) is 4.68 Å². The minimum atomic E-state index is -0.278. The Kier molecular flexibility index (Phi) is 7.31. The summed E-state index contributed by atoms with van der Waals surface area (Å²) in [6.45, 7) is 0. The Morgan fingerprint density at radius 2 is 1.35 bits per heavy atom. The zero-order chi connectivity index (χ0) is 27.9. The topological polar surface area (TPSA) is 138 Å². The lowest BCUT2D eigenvalue weighted by molar-refractivity contribution is 0.101. The summed E-state index contributed by atoms with van der Waals surface area (Å²) in [7, 11) is 0. The van der Waals surface area contributed by atoms with Crippen LogP contribution < -0.4 is 10.6 Å². The number of aromatic nitrogens is 3. The quantitative estimate of drug-likeness (QED) is 0.111. The number of anilines is 2. The van der Waals surface area contributed by atoms with Gasteiger partial charge in [-0.15, -0.1) is 11.5 Å². The Morgan fingerprint density at radius 3 is 1.90 bits per heavy atom. The van der Waals surface area contributed by atoms with Crippen LogP contribution in [0.25, 0.3) is 27.4 Å². The maximum absolute atomic E-state index is 12.7. The standard InChI is InChI=1S/C30H20N8O2/c1-2-20-3-5-22(6-4-20)29(39)34-25-15-17-27(18-16-25)38-28(19-32-37-38)21-7-9-23(10-8-21)30(40)33-24-11-13-26(14-12-24)35-36-31/h1,3-19H,(H,33,40)(H,34,39). The van der Waals surface area contributed by atoms with E-state index in [1.165, 1.54) is 0 Å². The number of hydrogen-bond donors (Lipinski definition) is 2. The number of nitrogens with one attached hydrogen (secondary N) is 2. The van der Waals surface area contributed by atoms with Crippen molar-refractivity contribution in [1.29, 1.82) is 0 Å². The van der Waals surface area contributed by atoms with Crippen molar-refractivity contribution in [2.24, 2.45) is 5.11 Å². The molecule has 0 aliphatic heterocycles.